The lowest BCUT2D eigenvalue weighted by Gasteiger charge is -2.37. The number of halogens is 1. The molecular weight excluding hydrogens is 909 g/mol. The molecule has 5 heterocycles. The fraction of sp³-hybridized carbons (Fsp3) is 0.413. The number of nitrogens with one attached hydrogen (secondary N) is 2. The molecule has 8 rings (SSSR count). The number of methoxy groups -OCH3 is 3. The lowest BCUT2D eigenvalue weighted by atomic mass is 9.80. The van der Waals surface area contributed by atoms with E-state index in [0.717, 1.165) is 33.0 Å². The molecule has 3 saturated heterocycles. The standard InChI is InChI=1S/C46H53FN7O13P/c1-28-34(65-41(38(28)47)53-22-20-36(55)48-44(53)57)27-64-68(59,50-43-51(2)24-25-52(43)3)67-39-35(66-42(40(39)62-6)54-23-21-37(56)49-45(54)58)26-63-46(29-10-8-7-9-11-29,30-12-16-32(60-4)17-13-30)31-14-18-33(61-5)19-15-31/h7-23,28,34-35,38-42H,24-27H2,1-6H3,(H,48,55,57)(H,49,56,58)/t28?,34-,35-,38+,39?,40+,41-,42-,68+/m1/s1. The number of rotatable bonds is 17. The van der Waals surface area contributed by atoms with Crippen LogP contribution in [0.5, 0.6) is 11.5 Å². The lowest BCUT2D eigenvalue weighted by Crippen LogP contribution is -2.42. The van der Waals surface area contributed by atoms with Crippen LogP contribution < -0.4 is 32.0 Å². The fourth-order valence-electron chi connectivity index (χ4n) is 8.69. The van der Waals surface area contributed by atoms with Crippen molar-refractivity contribution < 1.29 is 46.4 Å². The molecule has 3 aliphatic heterocycles. The van der Waals surface area contributed by atoms with Crippen molar-refractivity contribution in [3.05, 3.63) is 162 Å². The van der Waals surface area contributed by atoms with Gasteiger partial charge in [-0.05, 0) is 41.0 Å². The van der Waals surface area contributed by atoms with E-state index >= 15 is 8.96 Å². The summed E-state index contributed by atoms with van der Waals surface area (Å²) < 4.78 is 87.8. The van der Waals surface area contributed by atoms with E-state index in [1.807, 2.05) is 78.9 Å². The summed E-state index contributed by atoms with van der Waals surface area (Å²) in [6.45, 7) is 1.75. The number of ether oxygens (including phenoxy) is 6. The summed E-state index contributed by atoms with van der Waals surface area (Å²) in [5, 5.41) is 0. The van der Waals surface area contributed by atoms with Gasteiger partial charge in [0, 0.05) is 64.7 Å². The molecule has 20 nitrogen and oxygen atoms in total. The van der Waals surface area contributed by atoms with Crippen molar-refractivity contribution in [2.24, 2.45) is 10.7 Å². The van der Waals surface area contributed by atoms with Gasteiger partial charge in [0.25, 0.3) is 11.1 Å². The zero-order chi connectivity index (χ0) is 48.3. The van der Waals surface area contributed by atoms with E-state index in [1.165, 1.54) is 13.3 Å². The second-order valence-electron chi connectivity index (χ2n) is 16.6. The highest BCUT2D eigenvalue weighted by Gasteiger charge is 2.53. The van der Waals surface area contributed by atoms with Crippen molar-refractivity contribution in [1.82, 2.24) is 28.9 Å². The molecule has 2 unspecified atom stereocenters. The van der Waals surface area contributed by atoms with Gasteiger partial charge in [-0.3, -0.25) is 37.7 Å². The van der Waals surface area contributed by atoms with Crippen molar-refractivity contribution in [3.63, 3.8) is 0 Å². The summed E-state index contributed by atoms with van der Waals surface area (Å²) in [5.41, 5.74) is -2.29. The molecule has 0 amide bonds. The van der Waals surface area contributed by atoms with Crippen molar-refractivity contribution in [2.45, 2.75) is 55.6 Å². The Hall–Kier alpha value is -6.19. The molecule has 2 N–H and O–H groups in total. The number of aromatic amines is 2. The zero-order valence-electron chi connectivity index (χ0n) is 38.1. The number of guanidine groups is 1. The summed E-state index contributed by atoms with van der Waals surface area (Å²) in [4.78, 5) is 58.0. The van der Waals surface area contributed by atoms with Crippen LogP contribution in [0.15, 0.2) is 127 Å². The quantitative estimate of drug-likeness (QED) is 0.100. The van der Waals surface area contributed by atoms with Gasteiger partial charge in [-0.15, -0.1) is 4.76 Å². The lowest BCUT2D eigenvalue weighted by molar-refractivity contribution is -0.0960. The zero-order valence-corrected chi connectivity index (χ0v) is 39.0. The highest BCUT2D eigenvalue weighted by molar-refractivity contribution is 7.52. The highest BCUT2D eigenvalue weighted by Crippen LogP contribution is 2.56. The van der Waals surface area contributed by atoms with E-state index in [2.05, 4.69) is 14.7 Å². The maximum atomic E-state index is 15.9. The van der Waals surface area contributed by atoms with E-state index in [0.29, 0.717) is 35.7 Å². The minimum atomic E-state index is -4.78. The van der Waals surface area contributed by atoms with Crippen molar-refractivity contribution >= 4 is 13.7 Å². The fourth-order valence-corrected chi connectivity index (χ4v) is 10.3. The predicted molar refractivity (Wildman–Crippen MR) is 245 cm³/mol. The smallest absolute Gasteiger partial charge is 0.457 e. The van der Waals surface area contributed by atoms with Gasteiger partial charge in [0.2, 0.25) is 5.96 Å². The Labute approximate surface area is 389 Å². The first kappa shape index (κ1) is 48.3. The van der Waals surface area contributed by atoms with Crippen LogP contribution in [0.25, 0.3) is 0 Å². The van der Waals surface area contributed by atoms with Gasteiger partial charge in [-0.1, -0.05) is 61.5 Å². The van der Waals surface area contributed by atoms with E-state index in [-0.39, 0.29) is 12.6 Å². The minimum absolute atomic E-state index is 0.256. The molecule has 5 aromatic rings. The molecular formula is C46H53FN7O13P. The third kappa shape index (κ3) is 9.60. The summed E-state index contributed by atoms with van der Waals surface area (Å²) >= 11 is 0. The first-order valence-corrected chi connectivity index (χ1v) is 23.2. The number of alkyl halides is 1. The van der Waals surface area contributed by atoms with E-state index in [1.54, 1.807) is 45.0 Å². The van der Waals surface area contributed by atoms with Gasteiger partial charge in [0.05, 0.1) is 33.5 Å². The second-order valence-corrected chi connectivity index (χ2v) is 18.2. The molecule has 0 radical (unpaired) electrons. The van der Waals surface area contributed by atoms with E-state index < -0.39 is 91.4 Å². The first-order valence-electron chi connectivity index (χ1n) is 21.7. The normalized spacial score (nSPS) is 24.8. The summed E-state index contributed by atoms with van der Waals surface area (Å²) in [6, 6.07) is 26.4. The molecule has 362 valence electrons. The summed E-state index contributed by atoms with van der Waals surface area (Å²) in [5.74, 6) is 0.557. The van der Waals surface area contributed by atoms with Crippen LogP contribution in [0.2, 0.25) is 0 Å². The molecule has 22 heteroatoms. The number of nitrogens with zero attached hydrogens (tertiary/aromatic N) is 5. The Morgan fingerprint density at radius 1 is 0.706 bits per heavy atom. The van der Waals surface area contributed by atoms with Gasteiger partial charge in [-0.25, -0.2) is 18.5 Å². The summed E-state index contributed by atoms with van der Waals surface area (Å²) in [6.07, 6.45) is -7.03. The van der Waals surface area contributed by atoms with Crippen LogP contribution >= 0.6 is 7.75 Å². The Balaban J connectivity index is 1.20. The van der Waals surface area contributed by atoms with E-state index in [9.17, 15) is 19.2 Å². The molecule has 3 aliphatic rings. The third-order valence-electron chi connectivity index (χ3n) is 12.4. The molecule has 0 spiro atoms. The highest BCUT2D eigenvalue weighted by atomic mass is 31.2. The van der Waals surface area contributed by atoms with Gasteiger partial charge >= 0.3 is 19.1 Å². The van der Waals surface area contributed by atoms with Gasteiger partial charge < -0.3 is 38.2 Å². The Bertz CT molecular complexity index is 2800. The van der Waals surface area contributed by atoms with Crippen LogP contribution in [0, 0.1) is 5.92 Å². The van der Waals surface area contributed by atoms with Crippen molar-refractivity contribution in [1.29, 1.82) is 0 Å². The van der Waals surface area contributed by atoms with Crippen LogP contribution in [-0.4, -0.2) is 127 Å². The molecule has 68 heavy (non-hydrogen) atoms. The molecule has 2 aromatic heterocycles. The number of likely N-dealkylation sites (N-methyl/N-ethyl adjacent to an activating group) is 2. The molecule has 0 aliphatic carbocycles. The van der Waals surface area contributed by atoms with Crippen LogP contribution in [0.4, 0.5) is 4.39 Å². The Kier molecular flexibility index (Phi) is 14.3. The predicted octanol–water partition coefficient (Wildman–Crippen LogP) is 3.64. The van der Waals surface area contributed by atoms with Crippen LogP contribution in [0.3, 0.4) is 0 Å². The Morgan fingerprint density at radius 3 is 1.74 bits per heavy atom. The average Bonchev–Trinajstić information content (AvgIpc) is 3.95. The molecule has 3 aromatic carbocycles. The van der Waals surface area contributed by atoms with Gasteiger partial charge in [0.15, 0.2) is 18.6 Å². The largest absolute Gasteiger partial charge is 0.497 e. The molecule has 0 bridgehead atoms. The number of benzene rings is 3. The van der Waals surface area contributed by atoms with Crippen molar-refractivity contribution in [2.75, 3.05) is 61.7 Å². The second kappa shape index (κ2) is 20.2. The van der Waals surface area contributed by atoms with Crippen LogP contribution in [0.1, 0.15) is 36.1 Å². The molecule has 9 atom stereocenters. The molecule has 3 fully saturated rings. The van der Waals surface area contributed by atoms with Crippen molar-refractivity contribution in [3.8, 4) is 11.5 Å². The van der Waals surface area contributed by atoms with Gasteiger partial charge in [0.1, 0.15) is 35.4 Å². The monoisotopic (exact) mass is 961 g/mol. The number of aromatic nitrogens is 4. The number of hydrogen-bond acceptors (Lipinski definition) is 13. The Morgan fingerprint density at radius 2 is 1.22 bits per heavy atom. The number of hydrogen-bond donors (Lipinski definition) is 2. The minimum Gasteiger partial charge on any atom is -0.497 e. The molecule has 0 saturated carbocycles. The third-order valence-corrected chi connectivity index (χ3v) is 13.9. The van der Waals surface area contributed by atoms with E-state index in [4.69, 9.17) is 37.5 Å². The average molecular weight is 962 g/mol. The SMILES string of the molecule is COc1ccc(C(OC[C@H]2O[C@@H](n3ccc(=O)[nH]c3=O)[C@@H](OC)C2O[P@](=O)(N=C2N(C)CCN2C)OC[C@H]2O[C@@H](n3ccc(=O)[nH]c3=O)[C@@H](F)C2C)(c2ccccc2)c2ccc(OC)cc2)cc1. The topological polar surface area (TPSA) is 219 Å². The maximum Gasteiger partial charge on any atom is 0.457 e. The van der Waals surface area contributed by atoms with Crippen LogP contribution in [-0.2, 0) is 38.2 Å². The summed E-state index contributed by atoms with van der Waals surface area (Å²) in [7, 11) is 3.20. The number of H-pyrrole nitrogens is 2. The maximum absolute atomic E-state index is 15.9. The van der Waals surface area contributed by atoms with Gasteiger partial charge in [-0.2, -0.15) is 0 Å². The first-order chi connectivity index (χ1) is 32.7.